The van der Waals surface area contributed by atoms with Crippen LogP contribution in [0, 0.1) is 10.6 Å². The van der Waals surface area contributed by atoms with Crippen LogP contribution in [-0.4, -0.2) is 35.4 Å². The predicted octanol–water partition coefficient (Wildman–Crippen LogP) is 2.99. The van der Waals surface area contributed by atoms with E-state index in [0.29, 0.717) is 24.5 Å². The molecular formula is C21H20FN3O4S. The van der Waals surface area contributed by atoms with E-state index < -0.39 is 23.3 Å². The fraction of sp³-hybridized carbons (Fsp3) is 0.238. The van der Waals surface area contributed by atoms with E-state index in [4.69, 9.17) is 21.7 Å². The van der Waals surface area contributed by atoms with Crippen molar-refractivity contribution < 1.29 is 19.0 Å². The zero-order valence-electron chi connectivity index (χ0n) is 16.4. The van der Waals surface area contributed by atoms with E-state index in [1.54, 1.807) is 19.2 Å². The molecule has 2 heterocycles. The van der Waals surface area contributed by atoms with Crippen LogP contribution in [0.4, 0.5) is 4.39 Å². The van der Waals surface area contributed by atoms with E-state index in [9.17, 15) is 14.3 Å². The van der Waals surface area contributed by atoms with E-state index in [-0.39, 0.29) is 16.0 Å². The third-order valence-corrected chi connectivity index (χ3v) is 5.49. The summed E-state index contributed by atoms with van der Waals surface area (Å²) in [6, 6.07) is 8.88. The predicted molar refractivity (Wildman–Crippen MR) is 112 cm³/mol. The monoisotopic (exact) mass is 429 g/mol. The first kappa shape index (κ1) is 20.1. The van der Waals surface area contributed by atoms with Crippen LogP contribution in [-0.2, 0) is 6.42 Å². The fourth-order valence-corrected chi connectivity index (χ4v) is 4.07. The molecule has 0 fully saturated rings. The number of nitrogens with zero attached hydrogens (tertiary/aromatic N) is 1. The lowest BCUT2D eigenvalue weighted by molar-refractivity contribution is 0.352. The lowest BCUT2D eigenvalue weighted by Gasteiger charge is -2.29. The van der Waals surface area contributed by atoms with Gasteiger partial charge in [-0.1, -0.05) is 12.1 Å². The number of H-pyrrole nitrogens is 1. The summed E-state index contributed by atoms with van der Waals surface area (Å²) in [4.78, 5) is 15.4. The van der Waals surface area contributed by atoms with Gasteiger partial charge in [-0.25, -0.2) is 4.39 Å². The van der Waals surface area contributed by atoms with Crippen molar-refractivity contribution in [2.45, 2.75) is 12.5 Å². The highest BCUT2D eigenvalue weighted by Crippen LogP contribution is 2.38. The van der Waals surface area contributed by atoms with Crippen LogP contribution >= 0.6 is 12.2 Å². The number of hydrogen-bond donors (Lipinski definition) is 3. The highest BCUT2D eigenvalue weighted by atomic mass is 32.1. The number of aromatic hydroxyl groups is 1. The van der Waals surface area contributed by atoms with Gasteiger partial charge >= 0.3 is 0 Å². The smallest absolute Gasteiger partial charge is 0.260 e. The normalized spacial score (nSPS) is 15.5. The van der Waals surface area contributed by atoms with Gasteiger partial charge in [0.1, 0.15) is 5.82 Å². The van der Waals surface area contributed by atoms with Gasteiger partial charge in [0, 0.05) is 6.54 Å². The zero-order chi connectivity index (χ0) is 21.4. The summed E-state index contributed by atoms with van der Waals surface area (Å²) in [6.07, 6.45) is 0.706. The molecule has 2 aromatic carbocycles. The molecule has 3 N–H and O–H groups in total. The summed E-state index contributed by atoms with van der Waals surface area (Å²) in [5.41, 5.74) is 1.25. The maximum absolute atomic E-state index is 14.4. The Morgan fingerprint density at radius 3 is 2.60 bits per heavy atom. The number of halogens is 1. The molecule has 4 rings (SSSR count). The molecular weight excluding hydrogens is 409 g/mol. The van der Waals surface area contributed by atoms with Crippen LogP contribution in [0.2, 0.25) is 0 Å². The van der Waals surface area contributed by atoms with Crippen molar-refractivity contribution in [3.8, 4) is 23.1 Å². The second-order valence-corrected chi connectivity index (χ2v) is 7.21. The molecule has 9 heteroatoms. The van der Waals surface area contributed by atoms with Crippen molar-refractivity contribution in [2.24, 2.45) is 0 Å². The third kappa shape index (κ3) is 3.25. The Kier molecular flexibility index (Phi) is 5.31. The first-order chi connectivity index (χ1) is 14.5. The van der Waals surface area contributed by atoms with E-state index in [1.807, 2.05) is 6.07 Å². The summed E-state index contributed by atoms with van der Waals surface area (Å²) in [5.74, 6) is 0.0828. The van der Waals surface area contributed by atoms with Crippen LogP contribution in [0.1, 0.15) is 22.7 Å². The van der Waals surface area contributed by atoms with Gasteiger partial charge in [0.15, 0.2) is 16.3 Å². The topological polar surface area (TPSA) is 88.5 Å². The SMILES string of the molecule is COc1cc2c(cc1OC)[C@@H](c1c(O)n(-c3ccccc3F)c(=S)[nH]c1=O)NCC2. The average molecular weight is 429 g/mol. The van der Waals surface area contributed by atoms with E-state index in [0.717, 1.165) is 15.7 Å². The minimum absolute atomic E-state index is 0.0417. The number of aromatic nitrogens is 2. The summed E-state index contributed by atoms with van der Waals surface area (Å²) in [6.45, 7) is 0.571. The van der Waals surface area contributed by atoms with E-state index in [1.165, 1.54) is 25.3 Å². The summed E-state index contributed by atoms with van der Waals surface area (Å²) >= 11 is 5.20. The van der Waals surface area contributed by atoms with E-state index >= 15 is 0 Å². The Bertz CT molecular complexity index is 1240. The minimum atomic E-state index is -0.647. The molecule has 156 valence electrons. The average Bonchev–Trinajstić information content (AvgIpc) is 2.73. The van der Waals surface area contributed by atoms with Gasteiger partial charge in [-0.2, -0.15) is 0 Å². The Balaban J connectivity index is 1.96. The molecule has 1 aliphatic rings. The van der Waals surface area contributed by atoms with Gasteiger partial charge in [0.25, 0.3) is 5.56 Å². The molecule has 7 nitrogen and oxygen atoms in total. The number of rotatable bonds is 4. The Labute approximate surface area is 176 Å². The lowest BCUT2D eigenvalue weighted by atomic mass is 9.90. The molecule has 0 radical (unpaired) electrons. The second kappa shape index (κ2) is 7.92. The Hall–Kier alpha value is -3.17. The first-order valence-corrected chi connectivity index (χ1v) is 9.68. The maximum Gasteiger partial charge on any atom is 0.260 e. The van der Waals surface area contributed by atoms with Crippen LogP contribution in [0.25, 0.3) is 5.69 Å². The number of methoxy groups -OCH3 is 2. The van der Waals surface area contributed by atoms with Crippen LogP contribution in [0.15, 0.2) is 41.2 Å². The van der Waals surface area contributed by atoms with Gasteiger partial charge in [0.2, 0.25) is 5.88 Å². The second-order valence-electron chi connectivity index (χ2n) is 6.83. The lowest BCUT2D eigenvalue weighted by Crippen LogP contribution is -2.35. The summed E-state index contributed by atoms with van der Waals surface area (Å²) in [5, 5.41) is 14.3. The van der Waals surface area contributed by atoms with Crippen molar-refractivity contribution in [3.63, 3.8) is 0 Å². The van der Waals surface area contributed by atoms with Crippen molar-refractivity contribution in [1.29, 1.82) is 0 Å². The third-order valence-electron chi connectivity index (χ3n) is 5.20. The molecule has 0 bridgehead atoms. The number of hydrogen-bond acceptors (Lipinski definition) is 6. The van der Waals surface area contributed by atoms with Crippen molar-refractivity contribution in [1.82, 2.24) is 14.9 Å². The highest BCUT2D eigenvalue weighted by Gasteiger charge is 2.30. The Morgan fingerprint density at radius 1 is 1.20 bits per heavy atom. The van der Waals surface area contributed by atoms with Crippen molar-refractivity contribution in [2.75, 3.05) is 20.8 Å². The number of benzene rings is 2. The molecule has 0 saturated carbocycles. The molecule has 0 unspecified atom stereocenters. The fourth-order valence-electron chi connectivity index (χ4n) is 3.80. The van der Waals surface area contributed by atoms with Crippen molar-refractivity contribution >= 4 is 12.2 Å². The maximum atomic E-state index is 14.4. The number of aromatic amines is 1. The molecule has 30 heavy (non-hydrogen) atoms. The molecule has 1 atom stereocenters. The Morgan fingerprint density at radius 2 is 1.90 bits per heavy atom. The largest absolute Gasteiger partial charge is 0.494 e. The quantitative estimate of drug-likeness (QED) is 0.553. The van der Waals surface area contributed by atoms with Crippen LogP contribution in [0.3, 0.4) is 0 Å². The highest BCUT2D eigenvalue weighted by molar-refractivity contribution is 7.71. The molecule has 0 saturated heterocycles. The summed E-state index contributed by atoms with van der Waals surface area (Å²) in [7, 11) is 3.08. The number of ether oxygens (including phenoxy) is 2. The number of fused-ring (bicyclic) bond motifs is 1. The molecule has 0 amide bonds. The zero-order valence-corrected chi connectivity index (χ0v) is 17.2. The van der Waals surface area contributed by atoms with Crippen LogP contribution < -0.4 is 20.3 Å². The molecule has 1 aliphatic heterocycles. The van der Waals surface area contributed by atoms with Gasteiger partial charge in [0.05, 0.1) is 31.5 Å². The first-order valence-electron chi connectivity index (χ1n) is 9.27. The number of para-hydroxylation sites is 1. The molecule has 1 aromatic heterocycles. The van der Waals surface area contributed by atoms with Crippen molar-refractivity contribution in [3.05, 3.63) is 74.0 Å². The molecule has 0 spiro atoms. The van der Waals surface area contributed by atoms with Crippen LogP contribution in [0.5, 0.6) is 17.4 Å². The standard InChI is InChI=1S/C21H20FN3O4S/c1-28-15-9-11-7-8-23-18(12(11)10-16(15)29-2)17-19(26)24-21(30)25(20(17)27)14-6-4-3-5-13(14)22/h3-6,9-10,18,23,27H,7-8H2,1-2H3,(H,24,26,30)/t18-/m0/s1. The van der Waals surface area contributed by atoms with Gasteiger partial charge in [-0.05, 0) is 54.0 Å². The van der Waals surface area contributed by atoms with Gasteiger partial charge in [-0.15, -0.1) is 0 Å². The van der Waals surface area contributed by atoms with E-state index in [2.05, 4.69) is 10.3 Å². The molecule has 3 aromatic rings. The summed E-state index contributed by atoms with van der Waals surface area (Å²) < 4.78 is 26.2. The number of nitrogens with one attached hydrogen (secondary N) is 2. The van der Waals surface area contributed by atoms with Gasteiger partial charge in [-0.3, -0.25) is 14.3 Å². The van der Waals surface area contributed by atoms with Gasteiger partial charge < -0.3 is 19.9 Å². The minimum Gasteiger partial charge on any atom is -0.494 e. The molecule has 0 aliphatic carbocycles.